The van der Waals surface area contributed by atoms with E-state index in [2.05, 4.69) is 5.32 Å². The lowest BCUT2D eigenvalue weighted by Gasteiger charge is -2.18. The van der Waals surface area contributed by atoms with E-state index in [1.54, 1.807) is 7.05 Å². The van der Waals surface area contributed by atoms with Crippen LogP contribution in [0.3, 0.4) is 0 Å². The van der Waals surface area contributed by atoms with Crippen molar-refractivity contribution in [3.8, 4) is 11.4 Å². The van der Waals surface area contributed by atoms with Gasteiger partial charge in [0.2, 0.25) is 5.95 Å². The molecule has 1 aliphatic rings. The van der Waals surface area contributed by atoms with Crippen molar-refractivity contribution in [1.82, 2.24) is 19.1 Å². The maximum atomic E-state index is 13.4. The molecule has 2 aromatic heterocycles. The fourth-order valence-electron chi connectivity index (χ4n) is 4.29. The Labute approximate surface area is 180 Å². The van der Waals surface area contributed by atoms with Gasteiger partial charge in [0.15, 0.2) is 11.2 Å². The number of fused-ring (bicyclic) bond motifs is 1. The average Bonchev–Trinajstić information content (AvgIpc) is 3.36. The molecule has 2 N–H and O–H groups in total. The summed E-state index contributed by atoms with van der Waals surface area (Å²) in [6, 6.07) is 19.8. The minimum Gasteiger partial charge on any atom is -0.391 e. The van der Waals surface area contributed by atoms with Crippen molar-refractivity contribution in [3.05, 3.63) is 76.6 Å². The number of hydrogen-bond acceptors (Lipinski definition) is 5. The van der Waals surface area contributed by atoms with Gasteiger partial charge in [0.1, 0.15) is 5.82 Å². The first-order valence-electron chi connectivity index (χ1n) is 10.6. The Morgan fingerprint density at radius 2 is 1.74 bits per heavy atom. The standard InChI is InChI=1S/C24H25N5O2/c1-28-23(31)20-21(27-24(28)25-18-13-8-14-19(18)30)26-22(17-11-6-3-7-12-17)29(20)15-16-9-4-2-5-10-16/h2-7,9-12,18-19,30H,8,13-15H2,1H3,(H,25,27)/t18-,19-/m1/s1. The second-order valence-electron chi connectivity index (χ2n) is 8.09. The molecule has 31 heavy (non-hydrogen) atoms. The molecule has 0 aliphatic heterocycles. The van der Waals surface area contributed by atoms with Crippen molar-refractivity contribution in [2.75, 3.05) is 5.32 Å². The van der Waals surface area contributed by atoms with E-state index in [-0.39, 0.29) is 11.6 Å². The molecule has 0 bridgehead atoms. The summed E-state index contributed by atoms with van der Waals surface area (Å²) in [5.41, 5.74) is 2.73. The van der Waals surface area contributed by atoms with Crippen LogP contribution in [0.15, 0.2) is 65.5 Å². The van der Waals surface area contributed by atoms with Gasteiger partial charge in [-0.15, -0.1) is 0 Å². The highest BCUT2D eigenvalue weighted by atomic mass is 16.3. The Bertz CT molecular complexity index is 1260. The Balaban J connectivity index is 1.67. The van der Waals surface area contributed by atoms with E-state index in [1.807, 2.05) is 65.2 Å². The molecule has 158 valence electrons. The van der Waals surface area contributed by atoms with E-state index in [4.69, 9.17) is 9.97 Å². The molecule has 1 saturated carbocycles. The van der Waals surface area contributed by atoms with Crippen LogP contribution in [0.25, 0.3) is 22.6 Å². The van der Waals surface area contributed by atoms with E-state index < -0.39 is 6.10 Å². The van der Waals surface area contributed by atoms with Gasteiger partial charge in [0.25, 0.3) is 5.56 Å². The number of nitrogens with one attached hydrogen (secondary N) is 1. The zero-order valence-electron chi connectivity index (χ0n) is 17.4. The van der Waals surface area contributed by atoms with Crippen LogP contribution >= 0.6 is 0 Å². The summed E-state index contributed by atoms with van der Waals surface area (Å²) < 4.78 is 3.47. The molecule has 2 atom stereocenters. The maximum Gasteiger partial charge on any atom is 0.280 e. The van der Waals surface area contributed by atoms with Crippen molar-refractivity contribution in [2.24, 2.45) is 7.05 Å². The second kappa shape index (κ2) is 8.00. The van der Waals surface area contributed by atoms with Gasteiger partial charge in [-0.3, -0.25) is 9.36 Å². The number of anilines is 1. The molecule has 5 rings (SSSR count). The molecule has 2 aromatic carbocycles. The highest BCUT2D eigenvalue weighted by Gasteiger charge is 2.27. The number of aliphatic hydroxyl groups excluding tert-OH is 1. The third-order valence-electron chi connectivity index (χ3n) is 6.00. The SMILES string of the molecule is Cn1c(N[C@@H]2CCC[C@H]2O)nc2nc(-c3ccccc3)n(Cc3ccccc3)c2c1=O. The number of imidazole rings is 1. The largest absolute Gasteiger partial charge is 0.391 e. The van der Waals surface area contributed by atoms with Crippen LogP contribution in [0.4, 0.5) is 5.95 Å². The lowest BCUT2D eigenvalue weighted by molar-refractivity contribution is 0.171. The van der Waals surface area contributed by atoms with Gasteiger partial charge in [-0.2, -0.15) is 4.98 Å². The molecule has 0 radical (unpaired) electrons. The first-order chi connectivity index (χ1) is 15.1. The van der Waals surface area contributed by atoms with E-state index in [0.717, 1.165) is 30.4 Å². The number of aliphatic hydroxyl groups is 1. The van der Waals surface area contributed by atoms with E-state index in [0.29, 0.717) is 29.5 Å². The quantitative estimate of drug-likeness (QED) is 0.523. The molecule has 7 nitrogen and oxygen atoms in total. The predicted molar refractivity (Wildman–Crippen MR) is 121 cm³/mol. The molecule has 0 unspecified atom stereocenters. The Morgan fingerprint density at radius 3 is 2.42 bits per heavy atom. The van der Waals surface area contributed by atoms with Crippen LogP contribution in [-0.4, -0.2) is 36.4 Å². The first kappa shape index (κ1) is 19.5. The summed E-state index contributed by atoms with van der Waals surface area (Å²) in [7, 11) is 1.71. The summed E-state index contributed by atoms with van der Waals surface area (Å²) in [5.74, 6) is 1.15. The van der Waals surface area contributed by atoms with Crippen molar-refractivity contribution >= 4 is 17.1 Å². The van der Waals surface area contributed by atoms with Gasteiger partial charge < -0.3 is 15.0 Å². The topological polar surface area (TPSA) is 85.0 Å². The highest BCUT2D eigenvalue weighted by molar-refractivity contribution is 5.78. The summed E-state index contributed by atoms with van der Waals surface area (Å²) in [5, 5.41) is 13.5. The Hall–Kier alpha value is -3.45. The zero-order chi connectivity index (χ0) is 21.4. The molecular formula is C24H25N5O2. The number of aromatic nitrogens is 4. The fourth-order valence-corrected chi connectivity index (χ4v) is 4.29. The average molecular weight is 415 g/mol. The van der Waals surface area contributed by atoms with Crippen molar-refractivity contribution < 1.29 is 5.11 Å². The normalized spacial score (nSPS) is 18.5. The third kappa shape index (κ3) is 3.61. The molecule has 4 aromatic rings. The van der Waals surface area contributed by atoms with Gasteiger partial charge in [0, 0.05) is 19.2 Å². The van der Waals surface area contributed by atoms with Crippen LogP contribution in [0.1, 0.15) is 24.8 Å². The monoisotopic (exact) mass is 415 g/mol. The Morgan fingerprint density at radius 1 is 1.03 bits per heavy atom. The zero-order valence-corrected chi connectivity index (χ0v) is 17.4. The molecule has 1 fully saturated rings. The van der Waals surface area contributed by atoms with Crippen molar-refractivity contribution in [2.45, 2.75) is 38.0 Å². The molecule has 2 heterocycles. The summed E-state index contributed by atoms with van der Waals surface area (Å²) in [6.07, 6.45) is 2.15. The number of hydrogen-bond donors (Lipinski definition) is 2. The second-order valence-corrected chi connectivity index (χ2v) is 8.09. The van der Waals surface area contributed by atoms with E-state index >= 15 is 0 Å². The fraction of sp³-hybridized carbons (Fsp3) is 0.292. The van der Waals surface area contributed by atoms with Crippen molar-refractivity contribution in [3.63, 3.8) is 0 Å². The van der Waals surface area contributed by atoms with E-state index in [9.17, 15) is 9.90 Å². The maximum absolute atomic E-state index is 13.4. The summed E-state index contributed by atoms with van der Waals surface area (Å²) in [6.45, 7) is 0.520. The molecule has 0 saturated heterocycles. The first-order valence-corrected chi connectivity index (χ1v) is 10.6. The van der Waals surface area contributed by atoms with Crippen molar-refractivity contribution in [1.29, 1.82) is 0 Å². The van der Waals surface area contributed by atoms with Crippen LogP contribution < -0.4 is 10.9 Å². The third-order valence-corrected chi connectivity index (χ3v) is 6.00. The minimum atomic E-state index is -0.428. The van der Waals surface area contributed by atoms with Gasteiger partial charge in [-0.25, -0.2) is 4.98 Å². The van der Waals surface area contributed by atoms with Crippen LogP contribution in [0, 0.1) is 0 Å². The number of rotatable bonds is 5. The predicted octanol–water partition coefficient (Wildman–Crippen LogP) is 3.17. The minimum absolute atomic E-state index is 0.101. The van der Waals surface area contributed by atoms with Crippen LogP contribution in [0.5, 0.6) is 0 Å². The Kier molecular flexibility index (Phi) is 5.03. The van der Waals surface area contributed by atoms with E-state index in [1.165, 1.54) is 4.57 Å². The molecule has 0 amide bonds. The summed E-state index contributed by atoms with van der Waals surface area (Å²) in [4.78, 5) is 22.9. The lowest BCUT2D eigenvalue weighted by atomic mass is 10.2. The summed E-state index contributed by atoms with van der Waals surface area (Å²) >= 11 is 0. The molecule has 0 spiro atoms. The van der Waals surface area contributed by atoms with Gasteiger partial charge in [-0.05, 0) is 24.8 Å². The molecular weight excluding hydrogens is 390 g/mol. The van der Waals surface area contributed by atoms with Crippen LogP contribution in [0.2, 0.25) is 0 Å². The van der Waals surface area contributed by atoms with Gasteiger partial charge in [-0.1, -0.05) is 60.7 Å². The lowest BCUT2D eigenvalue weighted by Crippen LogP contribution is -2.32. The van der Waals surface area contributed by atoms with Gasteiger partial charge in [0.05, 0.1) is 12.1 Å². The highest BCUT2D eigenvalue weighted by Crippen LogP contribution is 2.26. The number of benzene rings is 2. The molecule has 1 aliphatic carbocycles. The van der Waals surface area contributed by atoms with Gasteiger partial charge >= 0.3 is 0 Å². The molecule has 7 heteroatoms. The van der Waals surface area contributed by atoms with Crippen LogP contribution in [-0.2, 0) is 13.6 Å². The smallest absolute Gasteiger partial charge is 0.280 e. The number of nitrogens with zero attached hydrogens (tertiary/aromatic N) is 4.